The topological polar surface area (TPSA) is 48.9 Å². The SMILES string of the molecule is CSc1nc(O)c(Cc2cccs2)[nH]1. The van der Waals surface area contributed by atoms with Crippen LogP contribution in [0.15, 0.2) is 22.7 Å². The highest BCUT2D eigenvalue weighted by Gasteiger charge is 2.09. The van der Waals surface area contributed by atoms with Gasteiger partial charge in [-0.15, -0.1) is 11.3 Å². The summed E-state index contributed by atoms with van der Waals surface area (Å²) in [6.45, 7) is 0. The number of aromatic hydroxyl groups is 1. The van der Waals surface area contributed by atoms with Crippen LogP contribution in [0.5, 0.6) is 5.88 Å². The average Bonchev–Trinajstić information content (AvgIpc) is 2.78. The molecule has 5 heteroatoms. The van der Waals surface area contributed by atoms with Crippen LogP contribution in [0.3, 0.4) is 0 Å². The van der Waals surface area contributed by atoms with Crippen LogP contribution in [0.2, 0.25) is 0 Å². The summed E-state index contributed by atoms with van der Waals surface area (Å²) in [6, 6.07) is 4.05. The van der Waals surface area contributed by atoms with Crippen LogP contribution < -0.4 is 0 Å². The minimum absolute atomic E-state index is 0.114. The second-order valence-corrected chi connectivity index (χ2v) is 4.63. The van der Waals surface area contributed by atoms with Crippen LogP contribution in [0.25, 0.3) is 0 Å². The van der Waals surface area contributed by atoms with Gasteiger partial charge < -0.3 is 10.1 Å². The summed E-state index contributed by atoms with van der Waals surface area (Å²) in [4.78, 5) is 8.27. The lowest BCUT2D eigenvalue weighted by atomic mass is 10.3. The normalized spacial score (nSPS) is 10.6. The van der Waals surface area contributed by atoms with Crippen LogP contribution >= 0.6 is 23.1 Å². The number of hydrogen-bond acceptors (Lipinski definition) is 4. The minimum atomic E-state index is 0.114. The maximum absolute atomic E-state index is 9.51. The molecular weight excluding hydrogens is 216 g/mol. The minimum Gasteiger partial charge on any atom is -0.492 e. The maximum atomic E-state index is 9.51. The number of rotatable bonds is 3. The van der Waals surface area contributed by atoms with Gasteiger partial charge in [-0.3, -0.25) is 0 Å². The van der Waals surface area contributed by atoms with Crippen LogP contribution in [0.1, 0.15) is 10.6 Å². The van der Waals surface area contributed by atoms with Crippen molar-refractivity contribution in [3.05, 3.63) is 28.1 Å². The van der Waals surface area contributed by atoms with Crippen LogP contribution in [-0.4, -0.2) is 21.3 Å². The Kier molecular flexibility index (Phi) is 2.79. The van der Waals surface area contributed by atoms with Crippen molar-refractivity contribution in [1.29, 1.82) is 0 Å². The third kappa shape index (κ3) is 1.93. The number of nitrogens with one attached hydrogen (secondary N) is 1. The Morgan fingerprint density at radius 3 is 3.07 bits per heavy atom. The molecule has 3 nitrogen and oxygen atoms in total. The molecule has 2 rings (SSSR count). The predicted molar refractivity (Wildman–Crippen MR) is 59.2 cm³/mol. The average molecular weight is 226 g/mol. The molecule has 2 heterocycles. The highest BCUT2D eigenvalue weighted by molar-refractivity contribution is 7.98. The van der Waals surface area contributed by atoms with Crippen LogP contribution in [0.4, 0.5) is 0 Å². The molecule has 0 bridgehead atoms. The lowest BCUT2D eigenvalue weighted by Crippen LogP contribution is -1.84. The fourth-order valence-corrected chi connectivity index (χ4v) is 2.30. The zero-order valence-corrected chi connectivity index (χ0v) is 9.28. The molecule has 0 aliphatic heterocycles. The molecule has 2 aromatic heterocycles. The zero-order valence-electron chi connectivity index (χ0n) is 7.65. The Bertz CT molecular complexity index is 408. The van der Waals surface area contributed by atoms with E-state index in [1.165, 1.54) is 16.6 Å². The first kappa shape index (κ1) is 9.61. The van der Waals surface area contributed by atoms with Gasteiger partial charge in [-0.2, -0.15) is 4.98 Å². The zero-order chi connectivity index (χ0) is 9.97. The Labute approximate surface area is 90.2 Å². The van der Waals surface area contributed by atoms with E-state index in [0.717, 1.165) is 17.3 Å². The molecule has 0 radical (unpaired) electrons. The number of nitrogens with zero attached hydrogens (tertiary/aromatic N) is 1. The molecule has 0 amide bonds. The molecule has 0 fully saturated rings. The van der Waals surface area contributed by atoms with Crippen molar-refractivity contribution in [1.82, 2.24) is 9.97 Å². The molecule has 74 valence electrons. The van der Waals surface area contributed by atoms with E-state index in [0.29, 0.717) is 0 Å². The number of thiophene rings is 1. The van der Waals surface area contributed by atoms with E-state index >= 15 is 0 Å². The monoisotopic (exact) mass is 226 g/mol. The van der Waals surface area contributed by atoms with Crippen molar-refractivity contribution >= 4 is 23.1 Å². The lowest BCUT2D eigenvalue weighted by Gasteiger charge is -1.93. The standard InChI is InChI=1S/C9H10N2OS2/c1-13-9-10-7(8(12)11-9)5-6-3-2-4-14-6/h2-4,12H,5H2,1H3,(H,10,11). The highest BCUT2D eigenvalue weighted by Crippen LogP contribution is 2.23. The molecule has 0 saturated heterocycles. The molecule has 2 aromatic rings. The van der Waals surface area contributed by atoms with Crippen molar-refractivity contribution in [3.8, 4) is 5.88 Å². The maximum Gasteiger partial charge on any atom is 0.233 e. The van der Waals surface area contributed by atoms with Gasteiger partial charge in [-0.1, -0.05) is 17.8 Å². The van der Waals surface area contributed by atoms with E-state index in [-0.39, 0.29) is 5.88 Å². The molecule has 0 spiro atoms. The summed E-state index contributed by atoms with van der Waals surface area (Å²) >= 11 is 3.17. The molecule has 2 N–H and O–H groups in total. The highest BCUT2D eigenvalue weighted by atomic mass is 32.2. The summed E-state index contributed by atoms with van der Waals surface area (Å²) in [6.07, 6.45) is 2.64. The Hall–Kier alpha value is -0.940. The molecule has 0 aromatic carbocycles. The van der Waals surface area contributed by atoms with Gasteiger partial charge in [0.15, 0.2) is 5.16 Å². The molecule has 0 aliphatic carbocycles. The number of imidazole rings is 1. The Balaban J connectivity index is 2.20. The lowest BCUT2D eigenvalue weighted by molar-refractivity contribution is 0.449. The van der Waals surface area contributed by atoms with E-state index in [9.17, 15) is 5.11 Å². The summed E-state index contributed by atoms with van der Waals surface area (Å²) in [5.74, 6) is 0.114. The third-order valence-corrected chi connectivity index (χ3v) is 3.32. The van der Waals surface area contributed by atoms with E-state index in [1.54, 1.807) is 11.3 Å². The van der Waals surface area contributed by atoms with E-state index in [1.807, 2.05) is 23.8 Å². The molecule has 14 heavy (non-hydrogen) atoms. The van der Waals surface area contributed by atoms with Gasteiger partial charge in [0.05, 0.1) is 5.69 Å². The van der Waals surface area contributed by atoms with E-state index in [2.05, 4.69) is 9.97 Å². The van der Waals surface area contributed by atoms with Gasteiger partial charge in [0.25, 0.3) is 0 Å². The number of hydrogen-bond donors (Lipinski definition) is 2. The molecule has 0 unspecified atom stereocenters. The van der Waals surface area contributed by atoms with Crippen LogP contribution in [0, 0.1) is 0 Å². The van der Waals surface area contributed by atoms with Crippen molar-refractivity contribution in [3.63, 3.8) is 0 Å². The summed E-state index contributed by atoms with van der Waals surface area (Å²) in [5.41, 5.74) is 0.789. The van der Waals surface area contributed by atoms with Gasteiger partial charge in [-0.25, -0.2) is 0 Å². The smallest absolute Gasteiger partial charge is 0.233 e. The van der Waals surface area contributed by atoms with Crippen molar-refractivity contribution in [2.45, 2.75) is 11.6 Å². The fraction of sp³-hybridized carbons (Fsp3) is 0.222. The molecule has 0 saturated carbocycles. The molecular formula is C9H10N2OS2. The van der Waals surface area contributed by atoms with E-state index < -0.39 is 0 Å². The second-order valence-electron chi connectivity index (χ2n) is 2.80. The van der Waals surface area contributed by atoms with Crippen LogP contribution in [-0.2, 0) is 6.42 Å². The molecule has 0 atom stereocenters. The van der Waals surface area contributed by atoms with Crippen molar-refractivity contribution in [2.75, 3.05) is 6.26 Å². The third-order valence-electron chi connectivity index (χ3n) is 1.86. The number of H-pyrrole nitrogens is 1. The summed E-state index contributed by atoms with van der Waals surface area (Å²) < 4.78 is 0. The number of thioether (sulfide) groups is 1. The first-order chi connectivity index (χ1) is 6.79. The van der Waals surface area contributed by atoms with Gasteiger partial charge in [-0.05, 0) is 17.7 Å². The first-order valence-electron chi connectivity index (χ1n) is 4.14. The summed E-state index contributed by atoms with van der Waals surface area (Å²) in [7, 11) is 0. The van der Waals surface area contributed by atoms with Gasteiger partial charge in [0.2, 0.25) is 5.88 Å². The fourth-order valence-electron chi connectivity index (χ4n) is 1.18. The summed E-state index contributed by atoms with van der Waals surface area (Å²) in [5, 5.41) is 12.3. The van der Waals surface area contributed by atoms with E-state index in [4.69, 9.17) is 0 Å². The number of aromatic nitrogens is 2. The van der Waals surface area contributed by atoms with Gasteiger partial charge in [0.1, 0.15) is 0 Å². The molecule has 0 aliphatic rings. The quantitative estimate of drug-likeness (QED) is 0.790. The first-order valence-corrected chi connectivity index (χ1v) is 6.24. The largest absolute Gasteiger partial charge is 0.492 e. The Morgan fingerprint density at radius 1 is 1.64 bits per heavy atom. The van der Waals surface area contributed by atoms with Crippen molar-refractivity contribution < 1.29 is 5.11 Å². The Morgan fingerprint density at radius 2 is 2.50 bits per heavy atom. The number of aromatic amines is 1. The predicted octanol–water partition coefficient (Wildman–Crippen LogP) is 2.49. The van der Waals surface area contributed by atoms with Gasteiger partial charge in [0, 0.05) is 11.3 Å². The second kappa shape index (κ2) is 4.06. The van der Waals surface area contributed by atoms with Gasteiger partial charge >= 0.3 is 0 Å². The van der Waals surface area contributed by atoms with Crippen molar-refractivity contribution in [2.24, 2.45) is 0 Å².